The van der Waals surface area contributed by atoms with Crippen LogP contribution < -0.4 is 5.32 Å². The Morgan fingerprint density at radius 3 is 2.76 bits per heavy atom. The summed E-state index contributed by atoms with van der Waals surface area (Å²) in [5.74, 6) is 0.457. The van der Waals surface area contributed by atoms with Crippen LogP contribution in [0.3, 0.4) is 0 Å². The summed E-state index contributed by atoms with van der Waals surface area (Å²) in [6.07, 6.45) is 12.9. The van der Waals surface area contributed by atoms with Gasteiger partial charge in [-0.05, 0) is 67.9 Å². The first-order chi connectivity index (χ1) is 18.3. The van der Waals surface area contributed by atoms with Gasteiger partial charge in [0.25, 0.3) is 0 Å². The number of aromatic nitrogens is 2. The first-order valence-corrected chi connectivity index (χ1v) is 13.8. The molecule has 4 heterocycles. The Hall–Kier alpha value is -3.38. The summed E-state index contributed by atoms with van der Waals surface area (Å²) in [7, 11) is 0. The van der Waals surface area contributed by atoms with Gasteiger partial charge in [0.05, 0.1) is 11.7 Å². The van der Waals surface area contributed by atoms with Crippen molar-refractivity contribution in [2.75, 3.05) is 0 Å². The van der Waals surface area contributed by atoms with Gasteiger partial charge in [-0.25, -0.2) is 0 Å². The summed E-state index contributed by atoms with van der Waals surface area (Å²) in [6.45, 7) is 8.42. The normalized spacial score (nSPS) is 35.2. The quantitative estimate of drug-likeness (QED) is 0.167. The molecule has 38 heavy (non-hydrogen) atoms. The number of aromatic amines is 2. The number of rotatable bonds is 8. The second-order valence-corrected chi connectivity index (χ2v) is 11.8. The molecule has 3 fully saturated rings. The van der Waals surface area contributed by atoms with Gasteiger partial charge < -0.3 is 20.0 Å². The molecule has 1 amide bonds. The van der Waals surface area contributed by atoms with Gasteiger partial charge in [0, 0.05) is 46.9 Å². The van der Waals surface area contributed by atoms with E-state index in [0.29, 0.717) is 0 Å². The third-order valence-electron chi connectivity index (χ3n) is 9.58. The molecule has 2 aliphatic heterocycles. The van der Waals surface area contributed by atoms with Crippen molar-refractivity contribution in [1.82, 2.24) is 15.3 Å². The number of para-hydroxylation sites is 1. The number of H-pyrrole nitrogens is 2. The van der Waals surface area contributed by atoms with E-state index in [2.05, 4.69) is 78.7 Å². The number of fused-ring (bicyclic) bond motifs is 3. The Kier molecular flexibility index (Phi) is 5.98. The van der Waals surface area contributed by atoms with Crippen LogP contribution in [-0.2, 0) is 26.2 Å². The minimum Gasteiger partial charge on any atom is -0.365 e. The van der Waals surface area contributed by atoms with Crippen LogP contribution in [0.15, 0.2) is 72.6 Å². The highest BCUT2D eigenvalue weighted by Crippen LogP contribution is 2.65. The second-order valence-electron chi connectivity index (χ2n) is 11.8. The van der Waals surface area contributed by atoms with E-state index in [-0.39, 0.29) is 47.3 Å². The van der Waals surface area contributed by atoms with Crippen LogP contribution in [0.25, 0.3) is 10.9 Å². The van der Waals surface area contributed by atoms with E-state index in [0.717, 1.165) is 35.9 Å². The van der Waals surface area contributed by atoms with Crippen LogP contribution in [-0.4, -0.2) is 39.9 Å². The maximum atomic E-state index is 14.3. The summed E-state index contributed by atoms with van der Waals surface area (Å²) >= 11 is 0. The topological polar surface area (TPSA) is 90.3 Å². The predicted molar refractivity (Wildman–Crippen MR) is 149 cm³/mol. The highest BCUT2D eigenvalue weighted by molar-refractivity contribution is 5.93. The largest absolute Gasteiger partial charge is 0.365 e. The number of allylic oxidation sites excluding steroid dienone is 3. The van der Waals surface area contributed by atoms with E-state index in [1.807, 2.05) is 31.3 Å². The minimum absolute atomic E-state index is 0.0185. The number of carbonyl (C=O) groups is 2. The average molecular weight is 512 g/mol. The third-order valence-corrected chi connectivity index (χ3v) is 9.58. The molecule has 2 aromatic heterocycles. The minimum atomic E-state index is -0.741. The number of hydrogen-bond donors (Lipinski definition) is 3. The lowest BCUT2D eigenvalue weighted by Crippen LogP contribution is -2.57. The number of amides is 1. The van der Waals surface area contributed by atoms with Gasteiger partial charge in [0.2, 0.25) is 5.91 Å². The summed E-state index contributed by atoms with van der Waals surface area (Å²) in [4.78, 5) is 32.2. The average Bonchev–Trinajstić information content (AvgIpc) is 3.27. The molecule has 0 bridgehead atoms. The Labute approximate surface area is 223 Å². The second kappa shape index (κ2) is 9.12. The van der Waals surface area contributed by atoms with Crippen molar-refractivity contribution in [1.29, 1.82) is 0 Å². The highest BCUT2D eigenvalue weighted by Gasteiger charge is 2.77. The lowest BCUT2D eigenvalue weighted by Gasteiger charge is -2.46. The molecule has 6 rings (SSSR count). The van der Waals surface area contributed by atoms with Crippen molar-refractivity contribution in [3.8, 4) is 0 Å². The van der Waals surface area contributed by atoms with Gasteiger partial charge in [0.15, 0.2) is 0 Å². The molecule has 0 spiro atoms. The summed E-state index contributed by atoms with van der Waals surface area (Å²) in [5.41, 5.74) is 3.04. The zero-order valence-electron chi connectivity index (χ0n) is 22.5. The van der Waals surface area contributed by atoms with Crippen LogP contribution >= 0.6 is 0 Å². The number of aldehydes is 1. The molecule has 1 aliphatic carbocycles. The van der Waals surface area contributed by atoms with Crippen molar-refractivity contribution in [3.63, 3.8) is 0 Å². The van der Waals surface area contributed by atoms with E-state index < -0.39 is 5.41 Å². The Morgan fingerprint density at radius 1 is 1.18 bits per heavy atom. The van der Waals surface area contributed by atoms with Crippen molar-refractivity contribution in [2.24, 2.45) is 23.7 Å². The van der Waals surface area contributed by atoms with Gasteiger partial charge in [-0.1, -0.05) is 50.3 Å². The molecule has 3 N–H and O–H groups in total. The van der Waals surface area contributed by atoms with E-state index in [4.69, 9.17) is 4.74 Å². The standard InChI is InChI=1S/C32H37N3O3/c1-19(15-20(2)18-36)9-7-11-24-29-31(4,38-29)21(3)28-26(16-22-17-34-25-12-6-5-10-23(22)25)35-30(37)32(24,28)27-13-8-14-33-27/h5-8,10-15,17-19,21,24,26,28-29,33-34H,9,16H2,1-4H3,(H,35,37)/b11-7+,20-15+/t19?,21-,24-,26-,28-,29-,31+,32+/m0/s1. The fourth-order valence-corrected chi connectivity index (χ4v) is 7.63. The van der Waals surface area contributed by atoms with Crippen LogP contribution in [0.5, 0.6) is 0 Å². The molecule has 2 saturated heterocycles. The smallest absolute Gasteiger partial charge is 0.233 e. The molecule has 198 valence electrons. The van der Waals surface area contributed by atoms with Crippen LogP contribution in [0.4, 0.5) is 0 Å². The molecule has 1 saturated carbocycles. The van der Waals surface area contributed by atoms with Crippen LogP contribution in [0.2, 0.25) is 0 Å². The number of ether oxygens (including phenoxy) is 1. The Balaban J connectivity index is 1.40. The molecular formula is C32H37N3O3. The van der Waals surface area contributed by atoms with Gasteiger partial charge >= 0.3 is 0 Å². The molecule has 1 unspecified atom stereocenters. The lowest BCUT2D eigenvalue weighted by molar-refractivity contribution is -0.127. The SMILES string of the molecule is C/C(C=O)=C\C(C)C/C=C/[C@H]1[C@@H]2O[C@]2(C)[C@@H](C)[C@H]2[C@H](Cc3c[nH]c4ccccc34)NC(=O)[C@]21c1ccc[nH]1. The van der Waals surface area contributed by atoms with Crippen LogP contribution in [0.1, 0.15) is 45.4 Å². The van der Waals surface area contributed by atoms with Crippen molar-refractivity contribution in [3.05, 3.63) is 83.9 Å². The zero-order chi connectivity index (χ0) is 26.7. The molecule has 3 aromatic rings. The van der Waals surface area contributed by atoms with E-state index in [9.17, 15) is 9.59 Å². The molecule has 0 radical (unpaired) electrons. The number of hydrogen-bond acceptors (Lipinski definition) is 3. The summed E-state index contributed by atoms with van der Waals surface area (Å²) < 4.78 is 6.48. The molecule has 6 nitrogen and oxygen atoms in total. The first kappa shape index (κ1) is 24.9. The molecule has 6 heteroatoms. The van der Waals surface area contributed by atoms with Crippen LogP contribution in [0, 0.1) is 23.7 Å². The van der Waals surface area contributed by atoms with Crippen molar-refractivity contribution in [2.45, 2.75) is 63.7 Å². The molecular weight excluding hydrogens is 474 g/mol. The first-order valence-electron chi connectivity index (χ1n) is 13.8. The lowest BCUT2D eigenvalue weighted by atomic mass is 9.52. The maximum Gasteiger partial charge on any atom is 0.233 e. The maximum absolute atomic E-state index is 14.3. The number of nitrogens with one attached hydrogen (secondary N) is 3. The highest BCUT2D eigenvalue weighted by atomic mass is 16.6. The number of carbonyl (C=O) groups excluding carboxylic acids is 2. The van der Waals surface area contributed by atoms with Crippen molar-refractivity contribution >= 4 is 23.1 Å². The van der Waals surface area contributed by atoms with Gasteiger partial charge in [0.1, 0.15) is 11.7 Å². The molecule has 3 aliphatic rings. The fraction of sp³-hybridized carbons (Fsp3) is 0.438. The number of epoxide rings is 1. The number of benzene rings is 1. The predicted octanol–water partition coefficient (Wildman–Crippen LogP) is 5.24. The zero-order valence-corrected chi connectivity index (χ0v) is 22.5. The van der Waals surface area contributed by atoms with Crippen molar-refractivity contribution < 1.29 is 14.3 Å². The van der Waals surface area contributed by atoms with E-state index >= 15 is 0 Å². The molecule has 8 atom stereocenters. The van der Waals surface area contributed by atoms with E-state index in [1.54, 1.807) is 0 Å². The third kappa shape index (κ3) is 3.64. The van der Waals surface area contributed by atoms with Gasteiger partial charge in [-0.2, -0.15) is 0 Å². The Morgan fingerprint density at radius 2 is 2.00 bits per heavy atom. The summed E-state index contributed by atoms with van der Waals surface area (Å²) in [5, 5.41) is 4.68. The summed E-state index contributed by atoms with van der Waals surface area (Å²) in [6, 6.07) is 12.4. The monoisotopic (exact) mass is 511 g/mol. The van der Waals surface area contributed by atoms with Gasteiger partial charge in [-0.15, -0.1) is 0 Å². The molecule has 1 aromatic carbocycles. The Bertz CT molecular complexity index is 1420. The fourth-order valence-electron chi connectivity index (χ4n) is 7.63. The van der Waals surface area contributed by atoms with Gasteiger partial charge in [-0.3, -0.25) is 9.59 Å². The van der Waals surface area contributed by atoms with E-state index in [1.165, 1.54) is 10.9 Å².